The monoisotopic (exact) mass is 459 g/mol. The number of benzene rings is 1. The maximum absolute atomic E-state index is 14.1. The second-order valence-corrected chi connectivity index (χ2v) is 7.85. The predicted octanol–water partition coefficient (Wildman–Crippen LogP) is 3.59. The smallest absolute Gasteiger partial charge is 0.303 e. The van der Waals surface area contributed by atoms with Crippen LogP contribution in [0.25, 0.3) is 11.2 Å². The second-order valence-electron chi connectivity index (χ2n) is 7.85. The molecule has 1 fully saturated rings. The molecular weight excluding hydrogens is 436 g/mol. The molecule has 11 heteroatoms. The van der Waals surface area contributed by atoms with Crippen molar-refractivity contribution in [3.8, 4) is 0 Å². The zero-order valence-corrected chi connectivity index (χ0v) is 18.2. The van der Waals surface area contributed by atoms with Crippen molar-refractivity contribution in [2.24, 2.45) is 5.92 Å². The molecule has 3 heterocycles. The van der Waals surface area contributed by atoms with E-state index in [0.717, 1.165) is 0 Å². The molecular formula is C22H23F2N5O4. The third-order valence-electron chi connectivity index (χ3n) is 6.01. The van der Waals surface area contributed by atoms with Crippen LogP contribution >= 0.6 is 0 Å². The third-order valence-corrected chi connectivity index (χ3v) is 6.01. The van der Waals surface area contributed by atoms with Crippen molar-refractivity contribution >= 4 is 28.9 Å². The van der Waals surface area contributed by atoms with Gasteiger partial charge in [0.05, 0.1) is 6.33 Å². The summed E-state index contributed by atoms with van der Waals surface area (Å²) >= 11 is 0. The number of imidazole rings is 1. The van der Waals surface area contributed by atoms with E-state index in [1.165, 1.54) is 24.1 Å². The lowest BCUT2D eigenvalue weighted by Gasteiger charge is -2.30. The third kappa shape index (κ3) is 3.92. The number of carbonyl (C=O) groups excluding carboxylic acids is 2. The van der Waals surface area contributed by atoms with E-state index in [1.54, 1.807) is 44.2 Å². The number of nitrogens with zero attached hydrogens (tertiary/aromatic N) is 4. The summed E-state index contributed by atoms with van der Waals surface area (Å²) in [6, 6.07) is 8.56. The van der Waals surface area contributed by atoms with Gasteiger partial charge in [-0.05, 0) is 18.6 Å². The fraction of sp³-hybridized carbons (Fsp3) is 0.409. The molecule has 0 bridgehead atoms. The Kier molecular flexibility index (Phi) is 6.07. The van der Waals surface area contributed by atoms with Crippen molar-refractivity contribution < 1.29 is 27.8 Å². The van der Waals surface area contributed by atoms with Gasteiger partial charge in [-0.25, -0.2) is 23.7 Å². The standard InChI is InChI=1S/C22H23F2N5O4/c1-4-22(21(23)24)12(2)16(32-13(3)30)20(33-22)29-11-27-15-17(25-10-26-18(15)29)28-19(31)14-8-6-5-7-9-14/h5-12,16,20-21H,4H2,1-3H3,(H,25,26,28,31)/t12-,16+,20+,22+/m0/s1. The molecule has 0 radical (unpaired) electrons. The summed E-state index contributed by atoms with van der Waals surface area (Å²) in [7, 11) is 0. The number of anilines is 1. The van der Waals surface area contributed by atoms with E-state index in [-0.39, 0.29) is 23.4 Å². The van der Waals surface area contributed by atoms with Crippen molar-refractivity contribution in [2.75, 3.05) is 5.32 Å². The molecule has 9 nitrogen and oxygen atoms in total. The first-order valence-electron chi connectivity index (χ1n) is 10.5. The van der Waals surface area contributed by atoms with E-state index in [4.69, 9.17) is 9.47 Å². The topological polar surface area (TPSA) is 108 Å². The van der Waals surface area contributed by atoms with Crippen LogP contribution in [0.1, 0.15) is 43.8 Å². The minimum Gasteiger partial charge on any atom is -0.457 e. The molecule has 3 aromatic rings. The zero-order valence-electron chi connectivity index (χ0n) is 18.2. The van der Waals surface area contributed by atoms with Crippen molar-refractivity contribution in [1.82, 2.24) is 19.5 Å². The highest BCUT2D eigenvalue weighted by atomic mass is 19.3. The summed E-state index contributed by atoms with van der Waals surface area (Å²) in [5, 5.41) is 2.69. The van der Waals surface area contributed by atoms with Crippen LogP contribution in [-0.4, -0.2) is 49.5 Å². The Morgan fingerprint density at radius 3 is 2.61 bits per heavy atom. The lowest BCUT2D eigenvalue weighted by Crippen LogP contribution is -2.43. The van der Waals surface area contributed by atoms with Gasteiger partial charge < -0.3 is 14.8 Å². The van der Waals surface area contributed by atoms with Gasteiger partial charge in [0.15, 0.2) is 29.3 Å². The highest BCUT2D eigenvalue weighted by Gasteiger charge is 2.59. The Hall–Kier alpha value is -3.47. The molecule has 174 valence electrons. The summed E-state index contributed by atoms with van der Waals surface area (Å²) in [5.41, 5.74) is -0.899. The molecule has 33 heavy (non-hydrogen) atoms. The van der Waals surface area contributed by atoms with E-state index >= 15 is 0 Å². The summed E-state index contributed by atoms with van der Waals surface area (Å²) in [6.07, 6.45) is -2.30. The Balaban J connectivity index is 1.72. The lowest BCUT2D eigenvalue weighted by molar-refractivity contribution is -0.167. The number of rotatable bonds is 6. The average molecular weight is 459 g/mol. The molecule has 0 unspecified atom stereocenters. The number of fused-ring (bicyclic) bond motifs is 1. The quantitative estimate of drug-likeness (QED) is 0.561. The minimum atomic E-state index is -2.80. The normalized spacial score (nSPS) is 24.8. The van der Waals surface area contributed by atoms with E-state index in [2.05, 4.69) is 20.3 Å². The van der Waals surface area contributed by atoms with Crippen LogP contribution in [0.2, 0.25) is 0 Å². The number of halogens is 2. The first kappa shape index (κ1) is 22.7. The molecule has 1 aromatic carbocycles. The van der Waals surface area contributed by atoms with Crippen LogP contribution in [0, 0.1) is 5.92 Å². The van der Waals surface area contributed by atoms with Crippen molar-refractivity contribution in [1.29, 1.82) is 0 Å². The highest BCUT2D eigenvalue weighted by molar-refractivity contribution is 6.06. The van der Waals surface area contributed by atoms with E-state index < -0.39 is 42.2 Å². The fourth-order valence-electron chi connectivity index (χ4n) is 4.20. The van der Waals surface area contributed by atoms with Crippen molar-refractivity contribution in [3.63, 3.8) is 0 Å². The van der Waals surface area contributed by atoms with Crippen molar-refractivity contribution in [3.05, 3.63) is 48.5 Å². The number of alkyl halides is 2. The van der Waals surface area contributed by atoms with Crippen LogP contribution in [0.3, 0.4) is 0 Å². The first-order valence-corrected chi connectivity index (χ1v) is 10.5. The van der Waals surface area contributed by atoms with Crippen LogP contribution in [0.5, 0.6) is 0 Å². The molecule has 4 rings (SSSR count). The van der Waals surface area contributed by atoms with E-state index in [1.807, 2.05) is 0 Å². The maximum atomic E-state index is 14.1. The zero-order chi connectivity index (χ0) is 23.8. The predicted molar refractivity (Wildman–Crippen MR) is 114 cm³/mol. The van der Waals surface area contributed by atoms with Crippen LogP contribution in [0.15, 0.2) is 43.0 Å². The number of hydrogen-bond acceptors (Lipinski definition) is 7. The van der Waals surface area contributed by atoms with Crippen LogP contribution in [-0.2, 0) is 14.3 Å². The summed E-state index contributed by atoms with van der Waals surface area (Å²) in [6.45, 7) is 4.38. The summed E-state index contributed by atoms with van der Waals surface area (Å²) in [5.74, 6) is -1.65. The van der Waals surface area contributed by atoms with Gasteiger partial charge in [0.2, 0.25) is 0 Å². The second kappa shape index (κ2) is 8.81. The van der Waals surface area contributed by atoms with Gasteiger partial charge in [-0.3, -0.25) is 14.2 Å². The maximum Gasteiger partial charge on any atom is 0.303 e. The first-order chi connectivity index (χ1) is 15.8. The number of aromatic nitrogens is 4. The van der Waals surface area contributed by atoms with Crippen LogP contribution < -0.4 is 5.32 Å². The molecule has 1 N–H and O–H groups in total. The van der Waals surface area contributed by atoms with Gasteiger partial charge in [0.25, 0.3) is 12.3 Å². The molecule has 1 aliphatic rings. The number of nitrogens with one attached hydrogen (secondary N) is 1. The Bertz CT molecular complexity index is 1170. The minimum absolute atomic E-state index is 0.0140. The van der Waals surface area contributed by atoms with Gasteiger partial charge >= 0.3 is 5.97 Å². The lowest BCUT2D eigenvalue weighted by atomic mass is 9.85. The van der Waals surface area contributed by atoms with E-state index in [9.17, 15) is 18.4 Å². The SMILES string of the molecule is CC[C@@]1(C(F)F)O[C@@H](n2cnc3c(NC(=O)c4ccccc4)ncnc32)[C@H](OC(C)=O)[C@@H]1C. The molecule has 2 aromatic heterocycles. The summed E-state index contributed by atoms with van der Waals surface area (Å²) < 4.78 is 40.9. The van der Waals surface area contributed by atoms with E-state index in [0.29, 0.717) is 5.56 Å². The number of ether oxygens (including phenoxy) is 2. The number of amides is 1. The largest absolute Gasteiger partial charge is 0.457 e. The number of hydrogen-bond donors (Lipinski definition) is 1. The summed E-state index contributed by atoms with van der Waals surface area (Å²) in [4.78, 5) is 36.9. The average Bonchev–Trinajstić information content (AvgIpc) is 3.34. The molecule has 1 amide bonds. The van der Waals surface area contributed by atoms with Gasteiger partial charge in [-0.1, -0.05) is 32.0 Å². The molecule has 0 saturated carbocycles. The fourth-order valence-corrected chi connectivity index (χ4v) is 4.20. The molecule has 0 aliphatic carbocycles. The Morgan fingerprint density at radius 2 is 1.97 bits per heavy atom. The van der Waals surface area contributed by atoms with Gasteiger partial charge in [0, 0.05) is 18.4 Å². The number of esters is 1. The molecule has 0 spiro atoms. The molecule has 4 atom stereocenters. The highest BCUT2D eigenvalue weighted by Crippen LogP contribution is 2.48. The Morgan fingerprint density at radius 1 is 1.24 bits per heavy atom. The van der Waals surface area contributed by atoms with Crippen molar-refractivity contribution in [2.45, 2.75) is 51.6 Å². The molecule has 1 saturated heterocycles. The van der Waals surface area contributed by atoms with Gasteiger partial charge in [0.1, 0.15) is 11.9 Å². The molecule has 1 aliphatic heterocycles. The van der Waals surface area contributed by atoms with Crippen LogP contribution in [0.4, 0.5) is 14.6 Å². The van der Waals surface area contributed by atoms with Gasteiger partial charge in [-0.2, -0.15) is 0 Å². The number of carbonyl (C=O) groups is 2. The Labute approximate surface area is 188 Å². The van der Waals surface area contributed by atoms with Gasteiger partial charge in [-0.15, -0.1) is 0 Å².